The first-order chi connectivity index (χ1) is 9.08. The lowest BCUT2D eigenvalue weighted by Gasteiger charge is -2.11. The molecule has 2 aromatic carbocycles. The Balaban J connectivity index is 2.20. The Morgan fingerprint density at radius 2 is 1.74 bits per heavy atom. The molecule has 2 rings (SSSR count). The van der Waals surface area contributed by atoms with Gasteiger partial charge in [0.25, 0.3) is 0 Å². The van der Waals surface area contributed by atoms with Crippen molar-refractivity contribution in [3.63, 3.8) is 0 Å². The van der Waals surface area contributed by atoms with Crippen LogP contribution in [0.25, 0.3) is 0 Å². The van der Waals surface area contributed by atoms with Crippen LogP contribution in [0.2, 0.25) is 5.02 Å². The lowest BCUT2D eigenvalue weighted by molar-refractivity contribution is 1.13. The Morgan fingerprint density at radius 1 is 1.05 bits per heavy atom. The normalized spacial score (nSPS) is 10.9. The highest BCUT2D eigenvalue weighted by molar-refractivity contribution is 6.31. The van der Waals surface area contributed by atoms with Crippen molar-refractivity contribution in [2.45, 2.75) is 6.92 Å². The standard InChI is InChI=1S/C16H17ClN2/c1-12-15(17)5-4-6-16(12)18-11-13-7-9-14(10-8-13)19(2)3/h4-11H,1-3H3. The van der Waals surface area contributed by atoms with E-state index >= 15 is 0 Å². The number of aliphatic imine (C=N–C) groups is 1. The highest BCUT2D eigenvalue weighted by Crippen LogP contribution is 2.25. The Labute approximate surface area is 119 Å². The van der Waals surface area contributed by atoms with Gasteiger partial charge in [-0.2, -0.15) is 0 Å². The zero-order chi connectivity index (χ0) is 13.8. The van der Waals surface area contributed by atoms with Crippen molar-refractivity contribution >= 4 is 29.2 Å². The molecule has 3 heteroatoms. The zero-order valence-electron chi connectivity index (χ0n) is 11.4. The minimum absolute atomic E-state index is 0.748. The number of rotatable bonds is 3. The molecule has 0 aliphatic carbocycles. The van der Waals surface area contributed by atoms with Gasteiger partial charge in [-0.15, -0.1) is 0 Å². The maximum atomic E-state index is 6.07. The Kier molecular flexibility index (Phi) is 4.23. The quantitative estimate of drug-likeness (QED) is 0.753. The predicted molar refractivity (Wildman–Crippen MR) is 84.2 cm³/mol. The van der Waals surface area contributed by atoms with Gasteiger partial charge in [0.1, 0.15) is 0 Å². The third-order valence-corrected chi connectivity index (χ3v) is 3.41. The van der Waals surface area contributed by atoms with Crippen LogP contribution in [0.4, 0.5) is 11.4 Å². The summed E-state index contributed by atoms with van der Waals surface area (Å²) in [5.74, 6) is 0. The van der Waals surface area contributed by atoms with E-state index in [0.717, 1.165) is 21.8 Å². The van der Waals surface area contributed by atoms with Gasteiger partial charge >= 0.3 is 0 Å². The summed E-state index contributed by atoms with van der Waals surface area (Å²) in [7, 11) is 4.05. The van der Waals surface area contributed by atoms with Crippen molar-refractivity contribution in [2.24, 2.45) is 4.99 Å². The van der Waals surface area contributed by atoms with E-state index in [1.807, 2.05) is 45.4 Å². The molecule has 0 atom stereocenters. The third-order valence-electron chi connectivity index (χ3n) is 3.00. The summed E-state index contributed by atoms with van der Waals surface area (Å²) in [6.07, 6.45) is 1.86. The monoisotopic (exact) mass is 272 g/mol. The second-order valence-electron chi connectivity index (χ2n) is 4.63. The summed E-state index contributed by atoms with van der Waals surface area (Å²) in [6, 6.07) is 14.0. The van der Waals surface area contributed by atoms with Gasteiger partial charge in [0.15, 0.2) is 0 Å². The van der Waals surface area contributed by atoms with Crippen LogP contribution in [0.15, 0.2) is 47.5 Å². The van der Waals surface area contributed by atoms with Gasteiger partial charge < -0.3 is 4.90 Å². The fourth-order valence-corrected chi connectivity index (χ4v) is 1.91. The molecule has 2 aromatic rings. The highest BCUT2D eigenvalue weighted by atomic mass is 35.5. The third kappa shape index (κ3) is 3.36. The van der Waals surface area contributed by atoms with E-state index < -0.39 is 0 Å². The van der Waals surface area contributed by atoms with Crippen molar-refractivity contribution in [1.29, 1.82) is 0 Å². The summed E-state index contributed by atoms with van der Waals surface area (Å²) < 4.78 is 0. The second-order valence-corrected chi connectivity index (χ2v) is 5.04. The number of hydrogen-bond donors (Lipinski definition) is 0. The molecule has 0 saturated carbocycles. The van der Waals surface area contributed by atoms with Crippen LogP contribution in [0.3, 0.4) is 0 Å². The van der Waals surface area contributed by atoms with Crippen LogP contribution in [0, 0.1) is 6.92 Å². The number of anilines is 1. The van der Waals surface area contributed by atoms with Crippen LogP contribution in [0.5, 0.6) is 0 Å². The first-order valence-electron chi connectivity index (χ1n) is 6.14. The molecule has 0 saturated heterocycles. The van der Waals surface area contributed by atoms with Crippen molar-refractivity contribution in [3.8, 4) is 0 Å². The maximum Gasteiger partial charge on any atom is 0.0673 e. The number of benzene rings is 2. The van der Waals surface area contributed by atoms with Crippen molar-refractivity contribution in [3.05, 3.63) is 58.6 Å². The smallest absolute Gasteiger partial charge is 0.0673 e. The molecule has 0 aromatic heterocycles. The second kappa shape index (κ2) is 5.89. The van der Waals surface area contributed by atoms with E-state index in [1.54, 1.807) is 0 Å². The number of nitrogens with zero attached hydrogens (tertiary/aromatic N) is 2. The van der Waals surface area contributed by atoms with Gasteiger partial charge in [0.05, 0.1) is 5.69 Å². The van der Waals surface area contributed by atoms with E-state index in [1.165, 1.54) is 5.69 Å². The average molecular weight is 273 g/mol. The van der Waals surface area contributed by atoms with E-state index in [0.29, 0.717) is 0 Å². The van der Waals surface area contributed by atoms with E-state index in [9.17, 15) is 0 Å². The van der Waals surface area contributed by atoms with Crippen molar-refractivity contribution in [1.82, 2.24) is 0 Å². The van der Waals surface area contributed by atoms with E-state index in [-0.39, 0.29) is 0 Å². The molecule has 0 aliphatic rings. The first-order valence-corrected chi connectivity index (χ1v) is 6.52. The average Bonchev–Trinajstić information content (AvgIpc) is 2.41. The minimum atomic E-state index is 0.748. The molecule has 19 heavy (non-hydrogen) atoms. The first kappa shape index (κ1) is 13.6. The predicted octanol–water partition coefficient (Wildman–Crippen LogP) is 4.47. The molecule has 0 radical (unpaired) electrons. The fraction of sp³-hybridized carbons (Fsp3) is 0.188. The van der Waals surface area contributed by atoms with E-state index in [4.69, 9.17) is 11.6 Å². The molecule has 98 valence electrons. The fourth-order valence-electron chi connectivity index (χ4n) is 1.74. The van der Waals surface area contributed by atoms with Gasteiger partial charge in [0.2, 0.25) is 0 Å². The van der Waals surface area contributed by atoms with E-state index in [2.05, 4.69) is 34.2 Å². The molecular weight excluding hydrogens is 256 g/mol. The van der Waals surface area contributed by atoms with Gasteiger partial charge in [-0.25, -0.2) is 0 Å². The molecule has 0 fully saturated rings. The van der Waals surface area contributed by atoms with Gasteiger partial charge in [0, 0.05) is 31.0 Å². The van der Waals surface area contributed by atoms with Crippen LogP contribution in [-0.2, 0) is 0 Å². The molecule has 0 bridgehead atoms. The summed E-state index contributed by atoms with van der Waals surface area (Å²) >= 11 is 6.07. The molecule has 0 amide bonds. The molecule has 0 spiro atoms. The maximum absolute atomic E-state index is 6.07. The largest absolute Gasteiger partial charge is 0.378 e. The summed E-state index contributed by atoms with van der Waals surface area (Å²) in [4.78, 5) is 6.56. The van der Waals surface area contributed by atoms with Gasteiger partial charge in [-0.05, 0) is 42.3 Å². The minimum Gasteiger partial charge on any atom is -0.378 e. The number of halogens is 1. The molecule has 0 N–H and O–H groups in total. The van der Waals surface area contributed by atoms with Crippen molar-refractivity contribution < 1.29 is 0 Å². The van der Waals surface area contributed by atoms with Gasteiger partial charge in [-0.1, -0.05) is 29.8 Å². The highest BCUT2D eigenvalue weighted by Gasteiger charge is 1.99. The summed E-state index contributed by atoms with van der Waals surface area (Å²) in [5, 5.41) is 0.748. The molecule has 0 heterocycles. The Morgan fingerprint density at radius 3 is 2.37 bits per heavy atom. The lowest BCUT2D eigenvalue weighted by Crippen LogP contribution is -2.08. The SMILES string of the molecule is Cc1c(Cl)cccc1N=Cc1ccc(N(C)C)cc1. The Bertz CT molecular complexity index is 586. The van der Waals surface area contributed by atoms with Crippen LogP contribution < -0.4 is 4.90 Å². The topological polar surface area (TPSA) is 15.6 Å². The molecule has 0 aliphatic heterocycles. The van der Waals surface area contributed by atoms with Crippen molar-refractivity contribution in [2.75, 3.05) is 19.0 Å². The van der Waals surface area contributed by atoms with Crippen LogP contribution in [-0.4, -0.2) is 20.3 Å². The molecule has 2 nitrogen and oxygen atoms in total. The number of hydrogen-bond acceptors (Lipinski definition) is 2. The molecular formula is C16H17ClN2. The summed E-state index contributed by atoms with van der Waals surface area (Å²) in [6.45, 7) is 1.98. The van der Waals surface area contributed by atoms with Crippen LogP contribution >= 0.6 is 11.6 Å². The van der Waals surface area contributed by atoms with Gasteiger partial charge in [-0.3, -0.25) is 4.99 Å². The Hall–Kier alpha value is -1.80. The zero-order valence-corrected chi connectivity index (χ0v) is 12.1. The van der Waals surface area contributed by atoms with Crippen LogP contribution in [0.1, 0.15) is 11.1 Å². The summed E-state index contributed by atoms with van der Waals surface area (Å²) in [5.41, 5.74) is 4.16. The lowest BCUT2D eigenvalue weighted by atomic mass is 10.2. The molecule has 0 unspecified atom stereocenters.